The number of nitrogens with zero attached hydrogens (tertiary/aromatic N) is 3. The van der Waals surface area contributed by atoms with Crippen LogP contribution in [0.5, 0.6) is 5.75 Å². The van der Waals surface area contributed by atoms with E-state index in [1.807, 2.05) is 12.1 Å². The second-order valence-electron chi connectivity index (χ2n) is 8.10. The van der Waals surface area contributed by atoms with Crippen LogP contribution in [0.15, 0.2) is 65.7 Å². The van der Waals surface area contributed by atoms with Crippen LogP contribution in [-0.4, -0.2) is 33.1 Å². The van der Waals surface area contributed by atoms with E-state index in [0.29, 0.717) is 22.4 Å². The molecule has 1 fully saturated rings. The lowest BCUT2D eigenvalue weighted by Crippen LogP contribution is -2.23. The van der Waals surface area contributed by atoms with E-state index in [1.165, 1.54) is 37.7 Å². The Labute approximate surface area is 185 Å². The highest BCUT2D eigenvalue weighted by molar-refractivity contribution is 5.92. The van der Waals surface area contributed by atoms with Gasteiger partial charge in [0, 0.05) is 30.0 Å². The van der Waals surface area contributed by atoms with Crippen molar-refractivity contribution < 1.29 is 5.11 Å². The summed E-state index contributed by atoms with van der Waals surface area (Å²) in [5.74, 6) is 0.634. The number of phenolic OH excluding ortho intramolecular Hbond substituents is 1. The second kappa shape index (κ2) is 8.70. The molecule has 0 aliphatic carbocycles. The average molecular weight is 428 g/mol. The smallest absolute Gasteiger partial charge is 0.262 e. The van der Waals surface area contributed by atoms with Crippen molar-refractivity contribution in [2.24, 2.45) is 0 Å². The van der Waals surface area contributed by atoms with Crippen molar-refractivity contribution in [2.45, 2.75) is 25.7 Å². The molecule has 0 unspecified atom stereocenters. The van der Waals surface area contributed by atoms with E-state index < -0.39 is 0 Å². The van der Waals surface area contributed by atoms with Crippen LogP contribution in [0.3, 0.4) is 0 Å². The lowest BCUT2D eigenvalue weighted by Gasteiger charge is -2.23. The number of hydrogen-bond acceptors (Lipinski definition) is 6. The first kappa shape index (κ1) is 20.1. The minimum atomic E-state index is -0.247. The molecule has 5 rings (SSSR count). The number of aromatic nitrogens is 3. The van der Waals surface area contributed by atoms with Gasteiger partial charge in [0.25, 0.3) is 5.56 Å². The highest BCUT2D eigenvalue weighted by atomic mass is 16.3. The summed E-state index contributed by atoms with van der Waals surface area (Å²) in [6.07, 6.45) is 6.46. The molecule has 0 spiro atoms. The molecule has 2 aromatic carbocycles. The van der Waals surface area contributed by atoms with Gasteiger partial charge in [0.05, 0.1) is 17.5 Å². The van der Waals surface area contributed by atoms with E-state index in [-0.39, 0.29) is 11.3 Å². The van der Waals surface area contributed by atoms with E-state index in [0.717, 1.165) is 24.3 Å². The zero-order valence-corrected chi connectivity index (χ0v) is 17.7. The molecule has 7 heteroatoms. The van der Waals surface area contributed by atoms with E-state index in [2.05, 4.69) is 32.3 Å². The van der Waals surface area contributed by atoms with Gasteiger partial charge in [-0.05, 0) is 67.4 Å². The number of rotatable bonds is 4. The van der Waals surface area contributed by atoms with Crippen LogP contribution in [0, 0.1) is 0 Å². The maximum atomic E-state index is 12.6. The number of benzene rings is 2. The van der Waals surface area contributed by atoms with Gasteiger partial charge in [0.15, 0.2) is 0 Å². The Morgan fingerprint density at radius 2 is 1.66 bits per heavy atom. The second-order valence-corrected chi connectivity index (χ2v) is 8.10. The molecular formula is C25H25N5O2. The number of fused-ring (bicyclic) bond motifs is 1. The molecule has 0 bridgehead atoms. The Hall–Kier alpha value is -3.87. The summed E-state index contributed by atoms with van der Waals surface area (Å²) in [4.78, 5) is 26.7. The van der Waals surface area contributed by atoms with Crippen LogP contribution in [0.2, 0.25) is 0 Å². The van der Waals surface area contributed by atoms with Crippen molar-refractivity contribution in [1.29, 1.82) is 0 Å². The van der Waals surface area contributed by atoms with Gasteiger partial charge in [0.2, 0.25) is 0 Å². The number of nitrogens with one attached hydrogen (secondary N) is 2. The summed E-state index contributed by atoms with van der Waals surface area (Å²) in [6.45, 7) is 2.18. The van der Waals surface area contributed by atoms with Crippen LogP contribution >= 0.6 is 0 Å². The molecule has 162 valence electrons. The molecule has 0 saturated carbocycles. The highest BCUT2D eigenvalue weighted by Crippen LogP contribution is 2.29. The molecule has 1 aliphatic heterocycles. The maximum absolute atomic E-state index is 12.6. The van der Waals surface area contributed by atoms with E-state index in [9.17, 15) is 9.90 Å². The largest absolute Gasteiger partial charge is 0.508 e. The Kier molecular flexibility index (Phi) is 5.46. The molecule has 0 radical (unpaired) electrons. The molecule has 4 aromatic rings. The molecule has 1 saturated heterocycles. The van der Waals surface area contributed by atoms with E-state index >= 15 is 0 Å². The predicted octanol–water partition coefficient (Wildman–Crippen LogP) is 4.81. The van der Waals surface area contributed by atoms with Gasteiger partial charge in [-0.3, -0.25) is 4.79 Å². The summed E-state index contributed by atoms with van der Waals surface area (Å²) in [5.41, 5.74) is 3.86. The highest BCUT2D eigenvalue weighted by Gasteiger charge is 2.14. The third-order valence-electron chi connectivity index (χ3n) is 5.89. The number of anilines is 3. The molecule has 0 atom stereocenters. The van der Waals surface area contributed by atoms with Crippen LogP contribution in [-0.2, 0) is 0 Å². The first-order valence-electron chi connectivity index (χ1n) is 11.0. The average Bonchev–Trinajstić information content (AvgIpc) is 3.10. The topological polar surface area (TPSA) is 94.1 Å². The van der Waals surface area contributed by atoms with Gasteiger partial charge in [-0.25, -0.2) is 9.97 Å². The van der Waals surface area contributed by atoms with Gasteiger partial charge >= 0.3 is 0 Å². The van der Waals surface area contributed by atoms with Gasteiger partial charge in [0.1, 0.15) is 17.0 Å². The molecule has 0 amide bonds. The first-order valence-corrected chi connectivity index (χ1v) is 11.0. The lowest BCUT2D eigenvalue weighted by atomic mass is 10.1. The number of phenols is 1. The Bertz CT molecular complexity index is 1270. The van der Waals surface area contributed by atoms with Crippen LogP contribution in [0.25, 0.3) is 22.2 Å². The minimum Gasteiger partial charge on any atom is -0.508 e. The van der Waals surface area contributed by atoms with Gasteiger partial charge in [-0.1, -0.05) is 12.8 Å². The Morgan fingerprint density at radius 3 is 2.38 bits per heavy atom. The monoisotopic (exact) mass is 427 g/mol. The van der Waals surface area contributed by atoms with Crippen LogP contribution in [0.1, 0.15) is 25.7 Å². The SMILES string of the molecule is O=c1[nH]cnc2cc(-c3ccc(O)cc3)nc(Nc3ccc(N4CCCCCC4)cc3)c12. The number of aromatic amines is 1. The fourth-order valence-corrected chi connectivity index (χ4v) is 4.18. The van der Waals surface area contributed by atoms with Crippen molar-refractivity contribution in [3.05, 3.63) is 71.3 Å². The number of hydrogen-bond donors (Lipinski definition) is 3. The minimum absolute atomic E-state index is 0.187. The van der Waals surface area contributed by atoms with Gasteiger partial charge in [-0.2, -0.15) is 0 Å². The van der Waals surface area contributed by atoms with E-state index in [1.54, 1.807) is 30.3 Å². The van der Waals surface area contributed by atoms with Gasteiger partial charge in [-0.15, -0.1) is 0 Å². The van der Waals surface area contributed by atoms with Crippen LogP contribution < -0.4 is 15.8 Å². The molecule has 32 heavy (non-hydrogen) atoms. The number of pyridine rings is 1. The fourth-order valence-electron chi connectivity index (χ4n) is 4.18. The maximum Gasteiger partial charge on any atom is 0.262 e. The van der Waals surface area contributed by atoms with Gasteiger partial charge < -0.3 is 20.3 Å². The predicted molar refractivity (Wildman–Crippen MR) is 128 cm³/mol. The van der Waals surface area contributed by atoms with Crippen LogP contribution in [0.4, 0.5) is 17.2 Å². The Balaban J connectivity index is 1.50. The van der Waals surface area contributed by atoms with E-state index in [4.69, 9.17) is 4.98 Å². The molecule has 2 aromatic heterocycles. The summed E-state index contributed by atoms with van der Waals surface area (Å²) in [5, 5.41) is 13.3. The van der Waals surface area contributed by atoms with Crippen molar-refractivity contribution in [3.8, 4) is 17.0 Å². The Morgan fingerprint density at radius 1 is 0.938 bits per heavy atom. The zero-order valence-electron chi connectivity index (χ0n) is 17.7. The number of aromatic hydroxyl groups is 1. The number of H-pyrrole nitrogens is 1. The first-order chi connectivity index (χ1) is 15.7. The third kappa shape index (κ3) is 4.14. The zero-order chi connectivity index (χ0) is 21.9. The summed E-state index contributed by atoms with van der Waals surface area (Å²) >= 11 is 0. The lowest BCUT2D eigenvalue weighted by molar-refractivity contribution is 0.475. The standard InChI is InChI=1S/C25H25N5O2/c31-20-11-5-17(6-12-20)21-15-22-23(25(32)27-16-26-22)24(29-21)28-18-7-9-19(10-8-18)30-13-3-1-2-4-14-30/h5-12,15-16,31H,1-4,13-14H2,(H,28,29)(H,26,27,32). The van der Waals surface area contributed by atoms with Crippen molar-refractivity contribution >= 4 is 28.1 Å². The molecule has 3 N–H and O–H groups in total. The quantitative estimate of drug-likeness (QED) is 0.433. The molecule has 7 nitrogen and oxygen atoms in total. The van der Waals surface area contributed by atoms with Crippen molar-refractivity contribution in [2.75, 3.05) is 23.3 Å². The molecular weight excluding hydrogens is 402 g/mol. The summed E-state index contributed by atoms with van der Waals surface area (Å²) in [6, 6.07) is 16.8. The molecule has 1 aliphatic rings. The van der Waals surface area contributed by atoms with Crippen molar-refractivity contribution in [3.63, 3.8) is 0 Å². The summed E-state index contributed by atoms with van der Waals surface area (Å²) in [7, 11) is 0. The normalized spacial score (nSPS) is 14.3. The fraction of sp³-hybridized carbons (Fsp3) is 0.240. The molecule has 3 heterocycles. The third-order valence-corrected chi connectivity index (χ3v) is 5.89. The van der Waals surface area contributed by atoms with Crippen molar-refractivity contribution in [1.82, 2.24) is 15.0 Å². The summed E-state index contributed by atoms with van der Waals surface area (Å²) < 4.78 is 0.